The molecule has 0 radical (unpaired) electrons. The Bertz CT molecular complexity index is 1170. The number of thiazole rings is 1. The van der Waals surface area contributed by atoms with Gasteiger partial charge in [0.25, 0.3) is 0 Å². The van der Waals surface area contributed by atoms with Gasteiger partial charge < -0.3 is 10.6 Å². The fraction of sp³-hybridized carbons (Fsp3) is 0.308. The number of amides is 3. The van der Waals surface area contributed by atoms with Crippen molar-refractivity contribution in [3.63, 3.8) is 0 Å². The van der Waals surface area contributed by atoms with Crippen LogP contribution >= 0.6 is 11.3 Å². The molecule has 0 aliphatic rings. The van der Waals surface area contributed by atoms with Crippen LogP contribution in [0.3, 0.4) is 0 Å². The third-order valence-corrected chi connectivity index (χ3v) is 5.69. The Labute approximate surface area is 208 Å². The van der Waals surface area contributed by atoms with Gasteiger partial charge in [0.2, 0.25) is 17.7 Å². The standard InChI is InChI=1S/C26H29FN4O3S/c1-17-8-10-18(11-9-17)23(24(34)30-26(2,3)4)31(20-7-5-6-19(27)16-20)22(33)13-12-21(32)29-25-28-14-15-35-25/h5-11,14-16,23H,12-13H2,1-4H3,(H,30,34)(H,28,29,32). The lowest BCUT2D eigenvalue weighted by atomic mass is 9.99. The van der Waals surface area contributed by atoms with E-state index in [0.29, 0.717) is 10.7 Å². The third-order valence-electron chi connectivity index (χ3n) is 5.00. The molecule has 0 spiro atoms. The Balaban J connectivity index is 1.96. The van der Waals surface area contributed by atoms with E-state index in [1.165, 1.54) is 34.4 Å². The molecular formula is C26H29FN4O3S. The summed E-state index contributed by atoms with van der Waals surface area (Å²) in [5.74, 6) is -1.81. The van der Waals surface area contributed by atoms with E-state index >= 15 is 0 Å². The Morgan fingerprint density at radius 2 is 1.80 bits per heavy atom. The second-order valence-corrected chi connectivity index (χ2v) is 10.1. The summed E-state index contributed by atoms with van der Waals surface area (Å²) in [6, 6.07) is 11.7. The molecule has 0 fully saturated rings. The number of carbonyl (C=O) groups excluding carboxylic acids is 3. The molecule has 0 aliphatic heterocycles. The molecule has 7 nitrogen and oxygen atoms in total. The quantitative estimate of drug-likeness (QED) is 0.459. The number of rotatable bonds is 8. The fourth-order valence-corrected chi connectivity index (χ4v) is 4.02. The van der Waals surface area contributed by atoms with Crippen LogP contribution in [-0.4, -0.2) is 28.2 Å². The number of nitrogens with zero attached hydrogens (tertiary/aromatic N) is 2. The van der Waals surface area contributed by atoms with E-state index in [4.69, 9.17) is 0 Å². The summed E-state index contributed by atoms with van der Waals surface area (Å²) in [6.07, 6.45) is 1.27. The normalized spacial score (nSPS) is 12.0. The zero-order chi connectivity index (χ0) is 25.6. The lowest BCUT2D eigenvalue weighted by Gasteiger charge is -2.34. The third kappa shape index (κ3) is 7.45. The summed E-state index contributed by atoms with van der Waals surface area (Å²) in [6.45, 7) is 7.45. The Kier molecular flexibility index (Phi) is 8.34. The van der Waals surface area contributed by atoms with Gasteiger partial charge in [0.15, 0.2) is 5.13 Å². The van der Waals surface area contributed by atoms with Crippen molar-refractivity contribution in [3.8, 4) is 0 Å². The number of halogens is 1. The van der Waals surface area contributed by atoms with Crippen molar-refractivity contribution in [2.24, 2.45) is 0 Å². The Morgan fingerprint density at radius 1 is 1.09 bits per heavy atom. The predicted molar refractivity (Wildman–Crippen MR) is 136 cm³/mol. The lowest BCUT2D eigenvalue weighted by molar-refractivity contribution is -0.128. The van der Waals surface area contributed by atoms with Gasteiger partial charge >= 0.3 is 0 Å². The summed E-state index contributed by atoms with van der Waals surface area (Å²) >= 11 is 1.27. The molecule has 3 aromatic rings. The number of aromatic nitrogens is 1. The van der Waals surface area contributed by atoms with Crippen LogP contribution in [0.1, 0.15) is 50.8 Å². The van der Waals surface area contributed by atoms with Crippen LogP contribution in [0.25, 0.3) is 0 Å². The highest BCUT2D eigenvalue weighted by molar-refractivity contribution is 7.13. The number of hydrogen-bond acceptors (Lipinski definition) is 5. The summed E-state index contributed by atoms with van der Waals surface area (Å²) in [5.41, 5.74) is 1.22. The first-order valence-electron chi connectivity index (χ1n) is 11.2. The molecule has 1 atom stereocenters. The smallest absolute Gasteiger partial charge is 0.248 e. The Morgan fingerprint density at radius 3 is 2.40 bits per heavy atom. The SMILES string of the molecule is Cc1ccc(C(C(=O)NC(C)(C)C)N(C(=O)CCC(=O)Nc2nccs2)c2cccc(F)c2)cc1. The minimum Gasteiger partial charge on any atom is -0.349 e. The first kappa shape index (κ1) is 26.0. The highest BCUT2D eigenvalue weighted by Gasteiger charge is 2.34. The number of aryl methyl sites for hydroxylation is 1. The molecule has 184 valence electrons. The zero-order valence-electron chi connectivity index (χ0n) is 20.2. The molecular weight excluding hydrogens is 467 g/mol. The van der Waals surface area contributed by atoms with Crippen molar-refractivity contribution >= 4 is 39.9 Å². The topological polar surface area (TPSA) is 91.4 Å². The maximum absolute atomic E-state index is 14.2. The second-order valence-electron chi connectivity index (χ2n) is 9.18. The van der Waals surface area contributed by atoms with Gasteiger partial charge in [0, 0.05) is 35.6 Å². The largest absolute Gasteiger partial charge is 0.349 e. The van der Waals surface area contributed by atoms with Crippen LogP contribution in [0.2, 0.25) is 0 Å². The van der Waals surface area contributed by atoms with Gasteiger partial charge in [-0.1, -0.05) is 35.9 Å². The van der Waals surface area contributed by atoms with Crippen LogP contribution in [-0.2, 0) is 14.4 Å². The molecule has 3 rings (SSSR count). The van der Waals surface area contributed by atoms with Gasteiger partial charge in [-0.05, 0) is 51.5 Å². The molecule has 0 saturated carbocycles. The van der Waals surface area contributed by atoms with Crippen molar-refractivity contribution < 1.29 is 18.8 Å². The molecule has 9 heteroatoms. The predicted octanol–water partition coefficient (Wildman–Crippen LogP) is 5.00. The highest BCUT2D eigenvalue weighted by Crippen LogP contribution is 2.30. The van der Waals surface area contributed by atoms with E-state index in [1.54, 1.807) is 29.8 Å². The molecule has 1 aromatic heterocycles. The number of benzene rings is 2. The van der Waals surface area contributed by atoms with Gasteiger partial charge in [-0.25, -0.2) is 9.37 Å². The van der Waals surface area contributed by atoms with Crippen LogP contribution in [0, 0.1) is 12.7 Å². The summed E-state index contributed by atoms with van der Waals surface area (Å²) in [4.78, 5) is 44.7. The van der Waals surface area contributed by atoms with E-state index in [0.717, 1.165) is 5.56 Å². The zero-order valence-corrected chi connectivity index (χ0v) is 21.0. The molecule has 35 heavy (non-hydrogen) atoms. The summed E-state index contributed by atoms with van der Waals surface area (Å²) < 4.78 is 14.2. The number of anilines is 2. The average Bonchev–Trinajstić information content (AvgIpc) is 3.28. The van der Waals surface area contributed by atoms with Crippen LogP contribution in [0.15, 0.2) is 60.1 Å². The molecule has 0 aliphatic carbocycles. The minimum absolute atomic E-state index is 0.119. The summed E-state index contributed by atoms with van der Waals surface area (Å²) in [7, 11) is 0. The average molecular weight is 497 g/mol. The van der Waals surface area contributed by atoms with Crippen molar-refractivity contribution in [3.05, 3.63) is 77.1 Å². The van der Waals surface area contributed by atoms with Crippen LogP contribution < -0.4 is 15.5 Å². The van der Waals surface area contributed by atoms with E-state index in [1.807, 2.05) is 39.8 Å². The number of hydrogen-bond donors (Lipinski definition) is 2. The van der Waals surface area contributed by atoms with Crippen molar-refractivity contribution in [1.29, 1.82) is 0 Å². The first-order chi connectivity index (χ1) is 16.5. The molecule has 2 aromatic carbocycles. The van der Waals surface area contributed by atoms with E-state index in [9.17, 15) is 18.8 Å². The van der Waals surface area contributed by atoms with Gasteiger partial charge in [0.1, 0.15) is 11.9 Å². The van der Waals surface area contributed by atoms with E-state index in [-0.39, 0.29) is 24.4 Å². The summed E-state index contributed by atoms with van der Waals surface area (Å²) in [5, 5.41) is 7.74. The van der Waals surface area contributed by atoms with Gasteiger partial charge in [-0.3, -0.25) is 19.3 Å². The molecule has 1 heterocycles. The second kappa shape index (κ2) is 11.2. The Hall–Kier alpha value is -3.59. The first-order valence-corrected chi connectivity index (χ1v) is 12.1. The maximum atomic E-state index is 14.2. The molecule has 3 amide bonds. The molecule has 1 unspecified atom stereocenters. The highest BCUT2D eigenvalue weighted by atomic mass is 32.1. The van der Waals surface area contributed by atoms with Crippen molar-refractivity contribution in [2.75, 3.05) is 10.2 Å². The fourth-order valence-electron chi connectivity index (χ4n) is 3.48. The van der Waals surface area contributed by atoms with Crippen molar-refractivity contribution in [2.45, 2.75) is 52.1 Å². The van der Waals surface area contributed by atoms with Crippen LogP contribution in [0.4, 0.5) is 15.2 Å². The van der Waals surface area contributed by atoms with Crippen LogP contribution in [0.5, 0.6) is 0 Å². The van der Waals surface area contributed by atoms with E-state index in [2.05, 4.69) is 15.6 Å². The molecule has 0 saturated heterocycles. The lowest BCUT2D eigenvalue weighted by Crippen LogP contribution is -2.49. The maximum Gasteiger partial charge on any atom is 0.248 e. The van der Waals surface area contributed by atoms with Gasteiger partial charge in [0.05, 0.1) is 0 Å². The molecule has 2 N–H and O–H groups in total. The van der Waals surface area contributed by atoms with E-state index < -0.39 is 29.2 Å². The van der Waals surface area contributed by atoms with Crippen molar-refractivity contribution in [1.82, 2.24) is 10.3 Å². The van der Waals surface area contributed by atoms with Gasteiger partial charge in [-0.2, -0.15) is 0 Å². The minimum atomic E-state index is -1.06. The van der Waals surface area contributed by atoms with Gasteiger partial charge in [-0.15, -0.1) is 11.3 Å². The number of nitrogens with one attached hydrogen (secondary N) is 2. The number of carbonyl (C=O) groups is 3. The monoisotopic (exact) mass is 496 g/mol. The molecule has 0 bridgehead atoms.